The van der Waals surface area contributed by atoms with Crippen molar-refractivity contribution in [1.29, 1.82) is 0 Å². The van der Waals surface area contributed by atoms with Crippen molar-refractivity contribution < 1.29 is 4.79 Å². The Labute approximate surface area is 107 Å². The lowest BCUT2D eigenvalue weighted by Crippen LogP contribution is -2.28. The van der Waals surface area contributed by atoms with E-state index in [2.05, 4.69) is 10.6 Å². The van der Waals surface area contributed by atoms with Crippen LogP contribution < -0.4 is 10.6 Å². The highest BCUT2D eigenvalue weighted by Crippen LogP contribution is 2.09. The van der Waals surface area contributed by atoms with Crippen LogP contribution in [-0.2, 0) is 6.54 Å². The van der Waals surface area contributed by atoms with E-state index in [1.807, 2.05) is 61.5 Å². The third-order valence-electron chi connectivity index (χ3n) is 2.57. The van der Waals surface area contributed by atoms with E-state index < -0.39 is 0 Å². The van der Waals surface area contributed by atoms with Gasteiger partial charge in [0.05, 0.1) is 0 Å². The maximum Gasteiger partial charge on any atom is 0.319 e. The van der Waals surface area contributed by atoms with Crippen LogP contribution >= 0.6 is 0 Å². The smallest absolute Gasteiger partial charge is 0.319 e. The van der Waals surface area contributed by atoms with Crippen molar-refractivity contribution in [3.63, 3.8) is 0 Å². The molecular weight excluding hydrogens is 224 g/mol. The fourth-order valence-corrected chi connectivity index (χ4v) is 1.68. The summed E-state index contributed by atoms with van der Waals surface area (Å²) in [7, 11) is 0. The molecule has 0 spiro atoms. The van der Waals surface area contributed by atoms with Gasteiger partial charge in [0.25, 0.3) is 0 Å². The Kier molecular flexibility index (Phi) is 3.97. The Balaban J connectivity index is 1.86. The van der Waals surface area contributed by atoms with Gasteiger partial charge >= 0.3 is 6.03 Å². The van der Waals surface area contributed by atoms with E-state index in [9.17, 15) is 4.79 Å². The SMILES string of the molecule is Cc1cccc(NC(=O)NCc2ccccc2)c1. The highest BCUT2D eigenvalue weighted by atomic mass is 16.2. The van der Waals surface area contributed by atoms with Crippen LogP contribution in [0.1, 0.15) is 11.1 Å². The lowest BCUT2D eigenvalue weighted by Gasteiger charge is -2.08. The predicted molar refractivity (Wildman–Crippen MR) is 73.5 cm³/mol. The number of benzene rings is 2. The highest BCUT2D eigenvalue weighted by molar-refractivity contribution is 5.89. The summed E-state index contributed by atoms with van der Waals surface area (Å²) < 4.78 is 0. The molecule has 0 heterocycles. The molecule has 3 heteroatoms. The third kappa shape index (κ3) is 3.63. The highest BCUT2D eigenvalue weighted by Gasteiger charge is 2.01. The summed E-state index contributed by atoms with van der Waals surface area (Å²) >= 11 is 0. The first-order valence-corrected chi connectivity index (χ1v) is 5.89. The second kappa shape index (κ2) is 5.87. The summed E-state index contributed by atoms with van der Waals surface area (Å²) in [5.41, 5.74) is 3.01. The molecule has 2 aromatic carbocycles. The number of aryl methyl sites for hydroxylation is 1. The number of carbonyl (C=O) groups excluding carboxylic acids is 1. The van der Waals surface area contributed by atoms with E-state index in [0.717, 1.165) is 16.8 Å². The Morgan fingerprint density at radius 3 is 2.56 bits per heavy atom. The number of hydrogen-bond acceptors (Lipinski definition) is 1. The molecule has 18 heavy (non-hydrogen) atoms. The van der Waals surface area contributed by atoms with Gasteiger partial charge in [0.2, 0.25) is 0 Å². The van der Waals surface area contributed by atoms with Crippen molar-refractivity contribution in [1.82, 2.24) is 5.32 Å². The van der Waals surface area contributed by atoms with Crippen LogP contribution in [0.25, 0.3) is 0 Å². The van der Waals surface area contributed by atoms with E-state index in [-0.39, 0.29) is 6.03 Å². The number of amides is 2. The molecule has 92 valence electrons. The molecule has 2 aromatic rings. The molecule has 0 saturated heterocycles. The third-order valence-corrected chi connectivity index (χ3v) is 2.57. The Morgan fingerprint density at radius 1 is 1.06 bits per heavy atom. The van der Waals surface area contributed by atoms with Crippen LogP contribution in [0.3, 0.4) is 0 Å². The van der Waals surface area contributed by atoms with Gasteiger partial charge in [-0.2, -0.15) is 0 Å². The fraction of sp³-hybridized carbons (Fsp3) is 0.133. The monoisotopic (exact) mass is 240 g/mol. The summed E-state index contributed by atoms with van der Waals surface area (Å²) in [4.78, 5) is 11.7. The number of urea groups is 1. The molecular formula is C15H16N2O. The first-order valence-electron chi connectivity index (χ1n) is 5.89. The standard InChI is InChI=1S/C15H16N2O/c1-12-6-5-9-14(10-12)17-15(18)16-11-13-7-3-2-4-8-13/h2-10H,11H2,1H3,(H2,16,17,18). The molecule has 0 radical (unpaired) electrons. The second-order valence-corrected chi connectivity index (χ2v) is 4.16. The molecule has 3 nitrogen and oxygen atoms in total. The molecule has 0 bridgehead atoms. The lowest BCUT2D eigenvalue weighted by atomic mass is 10.2. The van der Waals surface area contributed by atoms with E-state index >= 15 is 0 Å². The molecule has 0 fully saturated rings. The van der Waals surface area contributed by atoms with Gasteiger partial charge in [0, 0.05) is 12.2 Å². The molecule has 0 saturated carbocycles. The van der Waals surface area contributed by atoms with E-state index in [0.29, 0.717) is 6.54 Å². The topological polar surface area (TPSA) is 41.1 Å². The van der Waals surface area contributed by atoms with Crippen molar-refractivity contribution in [3.8, 4) is 0 Å². The normalized spacial score (nSPS) is 9.83. The summed E-state index contributed by atoms with van der Waals surface area (Å²) in [6.45, 7) is 2.52. The first kappa shape index (κ1) is 12.2. The van der Waals surface area contributed by atoms with Crippen LogP contribution in [0.2, 0.25) is 0 Å². The maximum atomic E-state index is 11.7. The van der Waals surface area contributed by atoms with E-state index in [1.165, 1.54) is 0 Å². The average molecular weight is 240 g/mol. The molecule has 0 aromatic heterocycles. The van der Waals surface area contributed by atoms with Crippen molar-refractivity contribution in [2.45, 2.75) is 13.5 Å². The zero-order chi connectivity index (χ0) is 12.8. The van der Waals surface area contributed by atoms with Crippen molar-refractivity contribution in [2.75, 3.05) is 5.32 Å². The minimum Gasteiger partial charge on any atom is -0.334 e. The zero-order valence-electron chi connectivity index (χ0n) is 10.3. The van der Waals surface area contributed by atoms with E-state index in [1.54, 1.807) is 0 Å². The maximum absolute atomic E-state index is 11.7. The molecule has 2 rings (SSSR count). The summed E-state index contributed by atoms with van der Waals surface area (Å²) in [5.74, 6) is 0. The van der Waals surface area contributed by atoms with Crippen LogP contribution in [0.4, 0.5) is 10.5 Å². The number of rotatable bonds is 3. The number of nitrogens with one attached hydrogen (secondary N) is 2. The molecule has 2 amide bonds. The van der Waals surface area contributed by atoms with Gasteiger partial charge in [-0.15, -0.1) is 0 Å². The number of carbonyl (C=O) groups is 1. The van der Waals surface area contributed by atoms with Crippen molar-refractivity contribution >= 4 is 11.7 Å². The molecule has 0 aliphatic rings. The second-order valence-electron chi connectivity index (χ2n) is 4.16. The fourth-order valence-electron chi connectivity index (χ4n) is 1.68. The minimum atomic E-state index is -0.190. The lowest BCUT2D eigenvalue weighted by molar-refractivity contribution is 0.251. The minimum absolute atomic E-state index is 0.190. The van der Waals surface area contributed by atoms with Crippen LogP contribution in [0, 0.1) is 6.92 Å². The first-order chi connectivity index (χ1) is 8.74. The van der Waals surface area contributed by atoms with Crippen LogP contribution in [0.15, 0.2) is 54.6 Å². The van der Waals surface area contributed by atoms with Crippen LogP contribution in [0.5, 0.6) is 0 Å². The summed E-state index contributed by atoms with van der Waals surface area (Å²) in [6, 6.07) is 17.3. The average Bonchev–Trinajstić information content (AvgIpc) is 2.38. The van der Waals surface area contributed by atoms with Crippen LogP contribution in [-0.4, -0.2) is 6.03 Å². The van der Waals surface area contributed by atoms with Gasteiger partial charge in [-0.05, 0) is 30.2 Å². The summed E-state index contributed by atoms with van der Waals surface area (Å²) in [6.07, 6.45) is 0. The molecule has 2 N–H and O–H groups in total. The molecule has 0 aliphatic heterocycles. The molecule has 0 aliphatic carbocycles. The molecule has 0 unspecified atom stereocenters. The Bertz CT molecular complexity index is 523. The zero-order valence-corrected chi connectivity index (χ0v) is 10.3. The Morgan fingerprint density at radius 2 is 1.83 bits per heavy atom. The van der Waals surface area contributed by atoms with E-state index in [4.69, 9.17) is 0 Å². The number of anilines is 1. The van der Waals surface area contributed by atoms with Gasteiger partial charge in [-0.3, -0.25) is 0 Å². The molecule has 0 atom stereocenters. The predicted octanol–water partition coefficient (Wildman–Crippen LogP) is 3.32. The van der Waals surface area contributed by atoms with Gasteiger partial charge in [-0.1, -0.05) is 42.5 Å². The van der Waals surface area contributed by atoms with Gasteiger partial charge in [0.15, 0.2) is 0 Å². The number of hydrogen-bond donors (Lipinski definition) is 2. The van der Waals surface area contributed by atoms with Gasteiger partial charge in [0.1, 0.15) is 0 Å². The van der Waals surface area contributed by atoms with Crippen molar-refractivity contribution in [3.05, 3.63) is 65.7 Å². The quantitative estimate of drug-likeness (QED) is 0.849. The Hall–Kier alpha value is -2.29. The van der Waals surface area contributed by atoms with Gasteiger partial charge in [-0.25, -0.2) is 4.79 Å². The summed E-state index contributed by atoms with van der Waals surface area (Å²) in [5, 5.41) is 5.62. The van der Waals surface area contributed by atoms with Crippen molar-refractivity contribution in [2.24, 2.45) is 0 Å². The van der Waals surface area contributed by atoms with Gasteiger partial charge < -0.3 is 10.6 Å². The largest absolute Gasteiger partial charge is 0.334 e.